The molecule has 0 aromatic heterocycles. The number of hydrogen-bond acceptors (Lipinski definition) is 2. The van der Waals surface area contributed by atoms with Crippen molar-refractivity contribution >= 4 is 5.78 Å². The van der Waals surface area contributed by atoms with Gasteiger partial charge in [0.25, 0.3) is 0 Å². The van der Waals surface area contributed by atoms with Gasteiger partial charge in [-0.05, 0) is 25.5 Å². The topological polar surface area (TPSA) is 20.3 Å². The number of aryl methyl sites for hydroxylation is 1. The molecule has 2 heterocycles. The van der Waals surface area contributed by atoms with E-state index in [4.69, 9.17) is 0 Å². The van der Waals surface area contributed by atoms with Gasteiger partial charge in [0, 0.05) is 18.0 Å². The molecule has 2 unspecified atom stereocenters. The molecule has 0 bridgehead atoms. The Balaban J connectivity index is 2.05. The smallest absolute Gasteiger partial charge is 0.167 e. The number of nitrogens with zero attached hydrogens (tertiary/aromatic N) is 1. The maximum atomic E-state index is 12.4. The van der Waals surface area contributed by atoms with Gasteiger partial charge in [-0.25, -0.2) is 0 Å². The maximum absolute atomic E-state index is 12.4. The largest absolute Gasteiger partial charge is 0.344 e. The fourth-order valence-corrected chi connectivity index (χ4v) is 2.81. The van der Waals surface area contributed by atoms with E-state index in [1.165, 1.54) is 5.56 Å². The summed E-state index contributed by atoms with van der Waals surface area (Å²) in [6, 6.07) is 8.37. The molecule has 19 heavy (non-hydrogen) atoms. The Morgan fingerprint density at radius 2 is 1.79 bits per heavy atom. The van der Waals surface area contributed by atoms with Crippen LogP contribution in [-0.2, 0) is 4.79 Å². The summed E-state index contributed by atoms with van der Waals surface area (Å²) in [6.07, 6.45) is 9.94. The zero-order valence-corrected chi connectivity index (χ0v) is 11.2. The van der Waals surface area contributed by atoms with E-state index in [0.29, 0.717) is 0 Å². The van der Waals surface area contributed by atoms with E-state index < -0.39 is 0 Å². The number of benzene rings is 1. The van der Waals surface area contributed by atoms with Gasteiger partial charge in [0.1, 0.15) is 0 Å². The first-order valence-electron chi connectivity index (χ1n) is 6.59. The Kier molecular flexibility index (Phi) is 2.86. The Morgan fingerprint density at radius 1 is 1.05 bits per heavy atom. The summed E-state index contributed by atoms with van der Waals surface area (Å²) in [4.78, 5) is 14.6. The second-order valence-corrected chi connectivity index (χ2v) is 5.20. The van der Waals surface area contributed by atoms with Crippen LogP contribution in [0.15, 0.2) is 60.5 Å². The molecule has 0 saturated heterocycles. The van der Waals surface area contributed by atoms with Gasteiger partial charge in [0.15, 0.2) is 5.78 Å². The number of carbonyl (C=O) groups excluding carboxylic acids is 1. The van der Waals surface area contributed by atoms with Gasteiger partial charge in [-0.3, -0.25) is 4.79 Å². The number of rotatable bonds is 1. The van der Waals surface area contributed by atoms with Crippen molar-refractivity contribution in [3.05, 3.63) is 71.6 Å². The average molecular weight is 251 g/mol. The zero-order valence-electron chi connectivity index (χ0n) is 11.2. The molecule has 0 spiro atoms. The first-order valence-corrected chi connectivity index (χ1v) is 6.59. The normalized spacial score (nSPS) is 25.3. The van der Waals surface area contributed by atoms with Crippen molar-refractivity contribution in [1.82, 2.24) is 4.90 Å². The van der Waals surface area contributed by atoms with E-state index in [-0.39, 0.29) is 17.7 Å². The second kappa shape index (κ2) is 4.54. The third kappa shape index (κ3) is 2.03. The fraction of sp³-hybridized carbons (Fsp3) is 0.235. The van der Waals surface area contributed by atoms with Crippen LogP contribution in [0.1, 0.15) is 24.0 Å². The van der Waals surface area contributed by atoms with Crippen LogP contribution < -0.4 is 0 Å². The first kappa shape index (κ1) is 12.0. The van der Waals surface area contributed by atoms with Gasteiger partial charge in [0.2, 0.25) is 0 Å². The van der Waals surface area contributed by atoms with Crippen molar-refractivity contribution in [2.75, 3.05) is 0 Å². The van der Waals surface area contributed by atoms with Gasteiger partial charge in [-0.2, -0.15) is 0 Å². The Hall–Kier alpha value is -2.09. The Labute approximate surface area is 113 Å². The first-order chi connectivity index (χ1) is 9.16. The van der Waals surface area contributed by atoms with Gasteiger partial charge in [-0.15, -0.1) is 0 Å². The summed E-state index contributed by atoms with van der Waals surface area (Å²) in [5, 5.41) is 0. The van der Waals surface area contributed by atoms with E-state index in [9.17, 15) is 4.79 Å². The van der Waals surface area contributed by atoms with Crippen molar-refractivity contribution in [2.45, 2.75) is 25.8 Å². The zero-order chi connectivity index (χ0) is 13.4. The lowest BCUT2D eigenvalue weighted by Crippen LogP contribution is -2.41. The summed E-state index contributed by atoms with van der Waals surface area (Å²) < 4.78 is 0. The molecule has 2 aliphatic heterocycles. The molecule has 2 atom stereocenters. The number of fused-ring (bicyclic) bond motifs is 1. The highest BCUT2D eigenvalue weighted by Gasteiger charge is 2.35. The molecule has 1 aromatic rings. The minimum Gasteiger partial charge on any atom is -0.344 e. The third-order valence-corrected chi connectivity index (χ3v) is 3.83. The van der Waals surface area contributed by atoms with Gasteiger partial charge < -0.3 is 4.90 Å². The van der Waals surface area contributed by atoms with Crippen LogP contribution in [0.5, 0.6) is 0 Å². The minimum absolute atomic E-state index is 0.102. The number of carbonyl (C=O) groups is 1. The highest BCUT2D eigenvalue weighted by Crippen LogP contribution is 2.34. The van der Waals surface area contributed by atoms with Crippen LogP contribution in [-0.4, -0.2) is 16.7 Å². The highest BCUT2D eigenvalue weighted by atomic mass is 16.1. The van der Waals surface area contributed by atoms with Crippen LogP contribution in [0.25, 0.3) is 0 Å². The monoisotopic (exact) mass is 251 g/mol. The molecule has 0 saturated carbocycles. The standard InChI is InChI=1S/C17H17NO/c1-12-6-8-14(9-7-12)17-15-5-3-4-10-18(15)13(2)11-16(17)19/h3-11,15,17H,1-2H3. The molecule has 0 aliphatic carbocycles. The minimum atomic E-state index is -0.106. The molecular weight excluding hydrogens is 234 g/mol. The van der Waals surface area contributed by atoms with Crippen LogP contribution >= 0.6 is 0 Å². The molecule has 0 N–H and O–H groups in total. The SMILES string of the molecule is CC1=CC(=O)C(c2ccc(C)cc2)C2C=CC=CN12. The summed E-state index contributed by atoms with van der Waals surface area (Å²) in [5.41, 5.74) is 3.32. The van der Waals surface area contributed by atoms with Crippen LogP contribution in [0.2, 0.25) is 0 Å². The molecule has 2 nitrogen and oxygen atoms in total. The molecule has 96 valence electrons. The summed E-state index contributed by atoms with van der Waals surface area (Å²) in [5.74, 6) is 0.0908. The predicted molar refractivity (Wildman–Crippen MR) is 76.6 cm³/mol. The predicted octanol–water partition coefficient (Wildman–Crippen LogP) is 3.32. The number of ketones is 1. The van der Waals surface area contributed by atoms with Crippen molar-refractivity contribution < 1.29 is 4.79 Å². The van der Waals surface area contributed by atoms with Gasteiger partial charge in [-0.1, -0.05) is 42.0 Å². The second-order valence-electron chi connectivity index (χ2n) is 5.20. The van der Waals surface area contributed by atoms with Gasteiger partial charge >= 0.3 is 0 Å². The van der Waals surface area contributed by atoms with Crippen molar-refractivity contribution in [2.24, 2.45) is 0 Å². The molecular formula is C17H17NO. The lowest BCUT2D eigenvalue weighted by molar-refractivity contribution is -0.117. The number of hydrogen-bond donors (Lipinski definition) is 0. The molecule has 1 aromatic carbocycles. The Morgan fingerprint density at radius 3 is 2.53 bits per heavy atom. The summed E-state index contributed by atoms with van der Waals surface area (Å²) >= 11 is 0. The Bertz CT molecular complexity index is 592. The van der Waals surface area contributed by atoms with E-state index in [1.54, 1.807) is 6.08 Å². The molecule has 0 amide bonds. The summed E-state index contributed by atoms with van der Waals surface area (Å²) in [7, 11) is 0. The summed E-state index contributed by atoms with van der Waals surface area (Å²) in [6.45, 7) is 4.05. The van der Waals surface area contributed by atoms with E-state index in [1.807, 2.05) is 25.3 Å². The van der Waals surface area contributed by atoms with E-state index >= 15 is 0 Å². The quantitative estimate of drug-likeness (QED) is 0.763. The van der Waals surface area contributed by atoms with Crippen LogP contribution in [0, 0.1) is 6.92 Å². The lowest BCUT2D eigenvalue weighted by atomic mass is 9.82. The maximum Gasteiger partial charge on any atom is 0.167 e. The van der Waals surface area contributed by atoms with Gasteiger partial charge in [0.05, 0.1) is 12.0 Å². The van der Waals surface area contributed by atoms with E-state index in [2.05, 4.69) is 42.2 Å². The average Bonchev–Trinajstić information content (AvgIpc) is 2.41. The molecule has 3 rings (SSSR count). The van der Waals surface area contributed by atoms with Crippen LogP contribution in [0.4, 0.5) is 0 Å². The van der Waals surface area contributed by atoms with Crippen LogP contribution in [0.3, 0.4) is 0 Å². The lowest BCUT2D eigenvalue weighted by Gasteiger charge is -2.39. The van der Waals surface area contributed by atoms with Crippen molar-refractivity contribution in [3.8, 4) is 0 Å². The molecule has 2 heteroatoms. The fourth-order valence-electron chi connectivity index (χ4n) is 2.81. The third-order valence-electron chi connectivity index (χ3n) is 3.83. The molecule has 0 radical (unpaired) electrons. The van der Waals surface area contributed by atoms with Crippen molar-refractivity contribution in [1.29, 1.82) is 0 Å². The number of allylic oxidation sites excluding steroid dienone is 4. The highest BCUT2D eigenvalue weighted by molar-refractivity contribution is 5.98. The van der Waals surface area contributed by atoms with Crippen molar-refractivity contribution in [3.63, 3.8) is 0 Å². The van der Waals surface area contributed by atoms with E-state index in [0.717, 1.165) is 11.3 Å². The molecule has 0 fully saturated rings. The molecule has 2 aliphatic rings.